The molecule has 1 aliphatic carbocycles. The summed E-state index contributed by atoms with van der Waals surface area (Å²) in [6.45, 7) is 5.24. The highest BCUT2D eigenvalue weighted by atomic mass is 16.2. The van der Waals surface area contributed by atoms with E-state index in [0.29, 0.717) is 40.9 Å². The first-order valence-corrected chi connectivity index (χ1v) is 12.2. The van der Waals surface area contributed by atoms with Crippen LogP contribution in [0.25, 0.3) is 22.4 Å². The van der Waals surface area contributed by atoms with Gasteiger partial charge in [0.25, 0.3) is 11.8 Å². The van der Waals surface area contributed by atoms with Gasteiger partial charge in [-0.05, 0) is 50.3 Å². The van der Waals surface area contributed by atoms with E-state index in [2.05, 4.69) is 21.6 Å². The van der Waals surface area contributed by atoms with Crippen LogP contribution in [0.2, 0.25) is 0 Å². The Morgan fingerprint density at radius 1 is 1.19 bits per heavy atom. The lowest BCUT2D eigenvalue weighted by atomic mass is 10.1. The number of aryl methyl sites for hydroxylation is 2. The summed E-state index contributed by atoms with van der Waals surface area (Å²) in [6.07, 6.45) is 4.13. The van der Waals surface area contributed by atoms with E-state index in [0.717, 1.165) is 36.0 Å². The van der Waals surface area contributed by atoms with Gasteiger partial charge in [0.15, 0.2) is 5.82 Å². The highest BCUT2D eigenvalue weighted by Crippen LogP contribution is 2.41. The molecule has 186 valence electrons. The molecule has 0 spiro atoms. The van der Waals surface area contributed by atoms with Crippen molar-refractivity contribution in [1.29, 1.82) is 0 Å². The van der Waals surface area contributed by atoms with Gasteiger partial charge in [0.1, 0.15) is 17.1 Å². The molecule has 1 aliphatic rings. The van der Waals surface area contributed by atoms with Crippen molar-refractivity contribution in [3.05, 3.63) is 58.7 Å². The molecule has 10 nitrogen and oxygen atoms in total. The summed E-state index contributed by atoms with van der Waals surface area (Å²) in [4.78, 5) is 37.1. The predicted octanol–water partition coefficient (Wildman–Crippen LogP) is 3.06. The van der Waals surface area contributed by atoms with Gasteiger partial charge in [-0.3, -0.25) is 19.0 Å². The molecular formula is C26H30N8O2. The first-order valence-electron chi connectivity index (χ1n) is 12.2. The lowest BCUT2D eigenvalue weighted by Crippen LogP contribution is -2.28. The number of hydrogen-bond donors (Lipinski definition) is 1. The average molecular weight is 487 g/mol. The zero-order chi connectivity index (χ0) is 25.6. The molecule has 2 amide bonds. The van der Waals surface area contributed by atoms with E-state index in [1.54, 1.807) is 32.1 Å². The number of rotatable bonds is 7. The van der Waals surface area contributed by atoms with Crippen LogP contribution in [0, 0.1) is 6.92 Å². The molecule has 0 unspecified atom stereocenters. The molecule has 0 aliphatic heterocycles. The molecule has 36 heavy (non-hydrogen) atoms. The number of carbonyl (C=O) groups excluding carboxylic acids is 2. The minimum Gasteiger partial charge on any atom is -0.354 e. The van der Waals surface area contributed by atoms with Gasteiger partial charge >= 0.3 is 0 Å². The normalized spacial score (nSPS) is 13.2. The molecule has 0 bridgehead atoms. The molecule has 5 rings (SSSR count). The highest BCUT2D eigenvalue weighted by Gasteiger charge is 2.27. The zero-order valence-electron chi connectivity index (χ0n) is 21.2. The van der Waals surface area contributed by atoms with E-state index in [1.807, 2.05) is 36.9 Å². The Labute approximate surface area is 209 Å². The van der Waals surface area contributed by atoms with Crippen molar-refractivity contribution < 1.29 is 9.59 Å². The smallest absolute Gasteiger partial charge is 0.273 e. The molecule has 10 heteroatoms. The predicted molar refractivity (Wildman–Crippen MR) is 136 cm³/mol. The van der Waals surface area contributed by atoms with E-state index < -0.39 is 0 Å². The number of carbonyl (C=O) groups is 2. The zero-order valence-corrected chi connectivity index (χ0v) is 21.2. The Morgan fingerprint density at radius 3 is 2.64 bits per heavy atom. The van der Waals surface area contributed by atoms with Crippen LogP contribution >= 0.6 is 0 Å². The Kier molecular flexibility index (Phi) is 6.03. The fourth-order valence-corrected chi connectivity index (χ4v) is 4.48. The van der Waals surface area contributed by atoms with Crippen molar-refractivity contribution in [2.45, 2.75) is 45.7 Å². The number of hydrogen-bond acceptors (Lipinski definition) is 6. The fourth-order valence-electron chi connectivity index (χ4n) is 4.48. The SMILES string of the molecule is CCn1ncc(CN(C)C(=O)c2nc(-c3cc(C(=O)NC)n(C)n3)nc3ccc(C4CC4)cc23)c1C. The van der Waals surface area contributed by atoms with Crippen molar-refractivity contribution in [2.24, 2.45) is 7.05 Å². The minimum atomic E-state index is -0.259. The van der Waals surface area contributed by atoms with Crippen molar-refractivity contribution in [1.82, 2.24) is 39.7 Å². The topological polar surface area (TPSA) is 111 Å². The molecule has 3 heterocycles. The molecular weight excluding hydrogens is 456 g/mol. The van der Waals surface area contributed by atoms with Gasteiger partial charge in [0.05, 0.1) is 11.7 Å². The van der Waals surface area contributed by atoms with Gasteiger partial charge in [-0.15, -0.1) is 0 Å². The van der Waals surface area contributed by atoms with Crippen LogP contribution in [0.4, 0.5) is 0 Å². The quantitative estimate of drug-likeness (QED) is 0.430. The average Bonchev–Trinajstić information content (AvgIpc) is 3.58. The number of amides is 2. The molecule has 1 fully saturated rings. The minimum absolute atomic E-state index is 0.206. The molecule has 1 N–H and O–H groups in total. The number of fused-ring (bicyclic) bond motifs is 1. The molecule has 0 saturated heterocycles. The van der Waals surface area contributed by atoms with Crippen LogP contribution in [-0.4, -0.2) is 60.3 Å². The lowest BCUT2D eigenvalue weighted by molar-refractivity contribution is 0.0781. The van der Waals surface area contributed by atoms with Gasteiger partial charge in [-0.2, -0.15) is 10.2 Å². The van der Waals surface area contributed by atoms with Gasteiger partial charge in [-0.1, -0.05) is 6.07 Å². The van der Waals surface area contributed by atoms with Crippen molar-refractivity contribution in [3.63, 3.8) is 0 Å². The summed E-state index contributed by atoms with van der Waals surface area (Å²) in [7, 11) is 5.03. The number of aromatic nitrogens is 6. The lowest BCUT2D eigenvalue weighted by Gasteiger charge is -2.18. The third kappa shape index (κ3) is 4.23. The fraction of sp³-hybridized carbons (Fsp3) is 0.385. The third-order valence-corrected chi connectivity index (χ3v) is 6.80. The molecule has 4 aromatic rings. The van der Waals surface area contributed by atoms with Crippen LogP contribution in [0.3, 0.4) is 0 Å². The van der Waals surface area contributed by atoms with E-state index in [-0.39, 0.29) is 11.8 Å². The summed E-state index contributed by atoms with van der Waals surface area (Å²) < 4.78 is 3.40. The molecule has 0 atom stereocenters. The molecule has 3 aromatic heterocycles. The second-order valence-electron chi connectivity index (χ2n) is 9.30. The van der Waals surface area contributed by atoms with Crippen LogP contribution in [0.15, 0.2) is 30.5 Å². The summed E-state index contributed by atoms with van der Waals surface area (Å²) >= 11 is 0. The highest BCUT2D eigenvalue weighted by molar-refractivity contribution is 6.05. The van der Waals surface area contributed by atoms with E-state index >= 15 is 0 Å². The summed E-state index contributed by atoms with van der Waals surface area (Å²) in [6, 6.07) is 7.71. The standard InChI is InChI=1S/C26H30N8O2/c1-6-34-15(2)18(13-28-34)14-32(4)26(36)23-19-11-17(16-7-8-16)9-10-20(19)29-24(30-23)21-12-22(25(35)27-3)33(5)31-21/h9-13,16H,6-8,14H2,1-5H3,(H,27,35). The van der Waals surface area contributed by atoms with Crippen molar-refractivity contribution in [3.8, 4) is 11.5 Å². The molecule has 1 saturated carbocycles. The van der Waals surface area contributed by atoms with Gasteiger partial charge in [0, 0.05) is 56.9 Å². The van der Waals surface area contributed by atoms with Crippen molar-refractivity contribution >= 4 is 22.7 Å². The monoisotopic (exact) mass is 486 g/mol. The maximum absolute atomic E-state index is 13.8. The van der Waals surface area contributed by atoms with Gasteiger partial charge < -0.3 is 10.2 Å². The third-order valence-electron chi connectivity index (χ3n) is 6.80. The van der Waals surface area contributed by atoms with Crippen LogP contribution in [0.5, 0.6) is 0 Å². The van der Waals surface area contributed by atoms with E-state index in [4.69, 9.17) is 9.97 Å². The Hall–Kier alpha value is -4.08. The Bertz CT molecular complexity index is 1480. The van der Waals surface area contributed by atoms with E-state index in [1.165, 1.54) is 10.2 Å². The second-order valence-corrected chi connectivity index (χ2v) is 9.30. The van der Waals surface area contributed by atoms with Crippen LogP contribution < -0.4 is 5.32 Å². The second kappa shape index (κ2) is 9.18. The van der Waals surface area contributed by atoms with Crippen LogP contribution in [-0.2, 0) is 20.1 Å². The summed E-state index contributed by atoms with van der Waals surface area (Å²) in [5, 5.41) is 12.2. The number of nitrogens with one attached hydrogen (secondary N) is 1. The number of benzene rings is 1. The summed E-state index contributed by atoms with van der Waals surface area (Å²) in [5.74, 6) is 0.371. The largest absolute Gasteiger partial charge is 0.354 e. The van der Waals surface area contributed by atoms with Gasteiger partial charge in [0.2, 0.25) is 0 Å². The first kappa shape index (κ1) is 23.7. The maximum Gasteiger partial charge on any atom is 0.273 e. The molecule has 1 aromatic carbocycles. The van der Waals surface area contributed by atoms with Crippen LogP contribution in [0.1, 0.15) is 63.5 Å². The number of nitrogens with zero attached hydrogens (tertiary/aromatic N) is 7. The molecule has 0 radical (unpaired) electrons. The van der Waals surface area contributed by atoms with Crippen molar-refractivity contribution in [2.75, 3.05) is 14.1 Å². The first-order chi connectivity index (χ1) is 17.3. The van der Waals surface area contributed by atoms with Gasteiger partial charge in [-0.25, -0.2) is 9.97 Å². The van der Waals surface area contributed by atoms with E-state index in [9.17, 15) is 9.59 Å². The Balaban J connectivity index is 1.58. The maximum atomic E-state index is 13.8. The summed E-state index contributed by atoms with van der Waals surface area (Å²) in [5.41, 5.74) is 5.04. The Morgan fingerprint density at radius 2 is 1.97 bits per heavy atom.